The molecule has 30 heavy (non-hydrogen) atoms. The molecule has 1 saturated carbocycles. The van der Waals surface area contributed by atoms with Gasteiger partial charge in [0, 0.05) is 37.7 Å². The summed E-state index contributed by atoms with van der Waals surface area (Å²) in [5, 5.41) is 2.34. The lowest BCUT2D eigenvalue weighted by Crippen LogP contribution is -2.52. The Morgan fingerprint density at radius 2 is 1.90 bits per heavy atom. The van der Waals surface area contributed by atoms with Crippen molar-refractivity contribution in [3.8, 4) is 5.75 Å². The quantitative estimate of drug-likeness (QED) is 0.744. The Labute approximate surface area is 175 Å². The average molecular weight is 413 g/mol. The number of ether oxygens (including phenoxy) is 2. The van der Waals surface area contributed by atoms with Crippen molar-refractivity contribution < 1.29 is 23.9 Å². The second kappa shape index (κ2) is 8.00. The van der Waals surface area contributed by atoms with Crippen molar-refractivity contribution >= 4 is 17.7 Å². The van der Waals surface area contributed by atoms with E-state index in [1.165, 1.54) is 0 Å². The number of fused-ring (bicyclic) bond motifs is 1. The number of nitrogens with one attached hydrogen (secondary N) is 1. The van der Waals surface area contributed by atoms with Crippen molar-refractivity contribution in [3.63, 3.8) is 0 Å². The van der Waals surface area contributed by atoms with Gasteiger partial charge in [0.2, 0.25) is 11.8 Å². The topological polar surface area (TPSA) is 88.2 Å². The summed E-state index contributed by atoms with van der Waals surface area (Å²) in [5.74, 6) is -0.0411. The van der Waals surface area contributed by atoms with Gasteiger partial charge in [0.15, 0.2) is 0 Å². The molecule has 3 amide bonds. The van der Waals surface area contributed by atoms with E-state index >= 15 is 0 Å². The monoisotopic (exact) mass is 413 g/mol. The molecule has 0 bridgehead atoms. The minimum Gasteiger partial charge on any atom is -0.489 e. The number of imide groups is 1. The van der Waals surface area contributed by atoms with Gasteiger partial charge in [-0.05, 0) is 49.4 Å². The van der Waals surface area contributed by atoms with Crippen molar-refractivity contribution in [1.82, 2.24) is 15.1 Å². The molecule has 8 heteroatoms. The fourth-order valence-corrected chi connectivity index (χ4v) is 5.17. The Morgan fingerprint density at radius 1 is 1.07 bits per heavy atom. The van der Waals surface area contributed by atoms with Crippen molar-refractivity contribution in [2.45, 2.75) is 56.8 Å². The van der Waals surface area contributed by atoms with Crippen LogP contribution in [0.15, 0.2) is 18.2 Å². The van der Waals surface area contributed by atoms with Crippen LogP contribution in [0.1, 0.15) is 48.0 Å². The molecule has 3 aliphatic heterocycles. The Kier molecular flexibility index (Phi) is 5.20. The normalized spacial score (nSPS) is 29.8. The molecule has 3 atom stereocenters. The lowest BCUT2D eigenvalue weighted by Gasteiger charge is -2.35. The highest BCUT2D eigenvalue weighted by Crippen LogP contribution is 2.33. The highest BCUT2D eigenvalue weighted by atomic mass is 16.5. The molecule has 1 aromatic carbocycles. The van der Waals surface area contributed by atoms with Crippen LogP contribution in [-0.2, 0) is 20.9 Å². The van der Waals surface area contributed by atoms with E-state index in [2.05, 4.69) is 10.2 Å². The van der Waals surface area contributed by atoms with Gasteiger partial charge in [-0.1, -0.05) is 0 Å². The van der Waals surface area contributed by atoms with E-state index in [0.717, 1.165) is 56.9 Å². The van der Waals surface area contributed by atoms with Crippen molar-refractivity contribution in [3.05, 3.63) is 29.3 Å². The maximum Gasteiger partial charge on any atom is 0.255 e. The number of rotatable bonds is 4. The average Bonchev–Trinajstić information content (AvgIpc) is 3.33. The predicted octanol–water partition coefficient (Wildman–Crippen LogP) is 1.08. The summed E-state index contributed by atoms with van der Waals surface area (Å²) >= 11 is 0. The summed E-state index contributed by atoms with van der Waals surface area (Å²) in [6, 6.07) is 5.42. The largest absolute Gasteiger partial charge is 0.489 e. The minimum absolute atomic E-state index is 0.143. The Morgan fingerprint density at radius 3 is 2.70 bits per heavy atom. The number of morpholine rings is 1. The molecular formula is C22H27N3O5. The number of carbonyl (C=O) groups is 3. The molecule has 4 aliphatic rings. The Balaban J connectivity index is 1.28. The van der Waals surface area contributed by atoms with Gasteiger partial charge in [0.25, 0.3) is 5.91 Å². The van der Waals surface area contributed by atoms with Crippen LogP contribution in [0, 0.1) is 0 Å². The van der Waals surface area contributed by atoms with Crippen LogP contribution in [0.2, 0.25) is 0 Å². The van der Waals surface area contributed by atoms with Gasteiger partial charge in [0.1, 0.15) is 17.9 Å². The van der Waals surface area contributed by atoms with E-state index in [1.807, 2.05) is 12.1 Å². The van der Waals surface area contributed by atoms with E-state index in [1.54, 1.807) is 11.0 Å². The first-order chi connectivity index (χ1) is 14.6. The van der Waals surface area contributed by atoms with Gasteiger partial charge in [-0.15, -0.1) is 0 Å². The lowest BCUT2D eigenvalue weighted by molar-refractivity contribution is -0.136. The van der Waals surface area contributed by atoms with Crippen LogP contribution >= 0.6 is 0 Å². The smallest absolute Gasteiger partial charge is 0.255 e. The fraction of sp³-hybridized carbons (Fsp3) is 0.591. The number of piperidine rings is 1. The van der Waals surface area contributed by atoms with E-state index in [0.29, 0.717) is 24.6 Å². The van der Waals surface area contributed by atoms with Crippen LogP contribution in [-0.4, -0.2) is 72.0 Å². The van der Waals surface area contributed by atoms with Gasteiger partial charge in [-0.25, -0.2) is 0 Å². The van der Waals surface area contributed by atoms with Gasteiger partial charge in [0.05, 0.1) is 13.2 Å². The summed E-state index contributed by atoms with van der Waals surface area (Å²) in [7, 11) is 0. The molecule has 0 aromatic heterocycles. The molecule has 1 unspecified atom stereocenters. The van der Waals surface area contributed by atoms with Crippen molar-refractivity contribution in [1.29, 1.82) is 0 Å². The number of hydrogen-bond donors (Lipinski definition) is 1. The fourth-order valence-electron chi connectivity index (χ4n) is 5.17. The molecule has 1 aliphatic carbocycles. The van der Waals surface area contributed by atoms with Crippen LogP contribution in [0.4, 0.5) is 0 Å². The van der Waals surface area contributed by atoms with Gasteiger partial charge < -0.3 is 14.4 Å². The lowest BCUT2D eigenvalue weighted by atomic mass is 10.0. The van der Waals surface area contributed by atoms with Crippen LogP contribution in [0.25, 0.3) is 0 Å². The van der Waals surface area contributed by atoms with Crippen LogP contribution < -0.4 is 10.1 Å². The van der Waals surface area contributed by atoms with E-state index in [9.17, 15) is 14.4 Å². The van der Waals surface area contributed by atoms with E-state index in [4.69, 9.17) is 9.47 Å². The standard InChI is InChI=1S/C22H27N3O5/c26-20-7-6-18(21(27)23-20)25-13-14-12-15(4-5-16(14)22(25)28)30-19-3-1-2-17(19)24-8-10-29-11-9-24/h4-5,12,17-19H,1-3,6-11,13H2,(H,23,26,27)/t17-,18?,19-/m0/s1. The summed E-state index contributed by atoms with van der Waals surface area (Å²) in [6.45, 7) is 3.82. The van der Waals surface area contributed by atoms with E-state index in [-0.39, 0.29) is 30.2 Å². The minimum atomic E-state index is -0.590. The zero-order valence-electron chi connectivity index (χ0n) is 17.0. The highest BCUT2D eigenvalue weighted by Gasteiger charge is 2.39. The highest BCUT2D eigenvalue weighted by molar-refractivity contribution is 6.05. The molecule has 0 spiro atoms. The van der Waals surface area contributed by atoms with Gasteiger partial charge >= 0.3 is 0 Å². The zero-order valence-corrected chi connectivity index (χ0v) is 17.0. The molecule has 3 fully saturated rings. The Bertz CT molecular complexity index is 866. The molecule has 0 radical (unpaired) electrons. The summed E-state index contributed by atoms with van der Waals surface area (Å²) in [6.07, 6.45) is 4.09. The zero-order chi connectivity index (χ0) is 20.7. The first-order valence-electron chi connectivity index (χ1n) is 10.9. The molecule has 1 N–H and O–H groups in total. The number of benzene rings is 1. The summed E-state index contributed by atoms with van der Waals surface area (Å²) in [5.41, 5.74) is 1.49. The van der Waals surface area contributed by atoms with Crippen molar-refractivity contribution in [2.75, 3.05) is 26.3 Å². The third kappa shape index (κ3) is 3.58. The first kappa shape index (κ1) is 19.5. The predicted molar refractivity (Wildman–Crippen MR) is 107 cm³/mol. The van der Waals surface area contributed by atoms with Crippen molar-refractivity contribution in [2.24, 2.45) is 0 Å². The van der Waals surface area contributed by atoms with Gasteiger partial charge in [-0.3, -0.25) is 24.6 Å². The Hall–Kier alpha value is -2.45. The second-order valence-corrected chi connectivity index (χ2v) is 8.52. The number of hydrogen-bond acceptors (Lipinski definition) is 6. The van der Waals surface area contributed by atoms with Crippen LogP contribution in [0.5, 0.6) is 5.75 Å². The number of amides is 3. The summed E-state index contributed by atoms with van der Waals surface area (Å²) < 4.78 is 11.9. The maximum atomic E-state index is 12.8. The third-order valence-corrected chi connectivity index (χ3v) is 6.71. The molecule has 5 rings (SSSR count). The molecule has 3 heterocycles. The van der Waals surface area contributed by atoms with Crippen LogP contribution in [0.3, 0.4) is 0 Å². The molecule has 8 nitrogen and oxygen atoms in total. The molecule has 160 valence electrons. The maximum absolute atomic E-state index is 12.8. The number of nitrogens with zero attached hydrogens (tertiary/aromatic N) is 2. The first-order valence-corrected chi connectivity index (χ1v) is 10.9. The SMILES string of the molecule is O=C1CCC(N2Cc3cc(O[C@H]4CCC[C@@H]4N4CCOCC4)ccc3C2=O)C(=O)N1. The molecule has 2 saturated heterocycles. The third-order valence-electron chi connectivity index (χ3n) is 6.71. The second-order valence-electron chi connectivity index (χ2n) is 8.52. The van der Waals surface area contributed by atoms with Gasteiger partial charge in [-0.2, -0.15) is 0 Å². The molecule has 1 aromatic rings. The molecular weight excluding hydrogens is 386 g/mol. The number of carbonyl (C=O) groups excluding carboxylic acids is 3. The van der Waals surface area contributed by atoms with E-state index < -0.39 is 6.04 Å². The summed E-state index contributed by atoms with van der Waals surface area (Å²) in [4.78, 5) is 40.5.